The molecule has 130 valence electrons. The number of unbranched alkanes of at least 4 members (excludes halogenated alkanes) is 1. The third-order valence-corrected chi connectivity index (χ3v) is 5.39. The van der Waals surface area contributed by atoms with Gasteiger partial charge in [-0.3, -0.25) is 4.90 Å². The predicted molar refractivity (Wildman–Crippen MR) is 101 cm³/mol. The van der Waals surface area contributed by atoms with Crippen LogP contribution in [0.4, 0.5) is 0 Å². The Bertz CT molecular complexity index is 599. The maximum absolute atomic E-state index is 5.65. The molecule has 0 saturated heterocycles. The fourth-order valence-corrected chi connectivity index (χ4v) is 3.91. The van der Waals surface area contributed by atoms with Crippen molar-refractivity contribution in [1.82, 2.24) is 15.2 Å². The van der Waals surface area contributed by atoms with Crippen molar-refractivity contribution in [2.45, 2.75) is 44.8 Å². The van der Waals surface area contributed by atoms with E-state index in [1.165, 1.54) is 29.7 Å². The first-order valence-corrected chi connectivity index (χ1v) is 9.89. The minimum Gasteiger partial charge on any atom is -0.330 e. The maximum atomic E-state index is 5.65. The van der Waals surface area contributed by atoms with Crippen LogP contribution >= 0.6 is 11.3 Å². The van der Waals surface area contributed by atoms with Crippen molar-refractivity contribution >= 4 is 11.3 Å². The summed E-state index contributed by atoms with van der Waals surface area (Å²) in [6, 6.07) is 9.38. The average Bonchev–Trinajstić information content (AvgIpc) is 3.12. The summed E-state index contributed by atoms with van der Waals surface area (Å²) in [6.07, 6.45) is 4.59. The van der Waals surface area contributed by atoms with E-state index in [1.54, 1.807) is 11.3 Å². The molecule has 0 amide bonds. The van der Waals surface area contributed by atoms with E-state index in [9.17, 15) is 0 Å². The number of nitrogens with zero attached hydrogens (tertiary/aromatic N) is 2. The normalized spacial score (nSPS) is 17.2. The van der Waals surface area contributed by atoms with E-state index in [2.05, 4.69) is 44.8 Å². The Kier molecular flexibility index (Phi) is 6.78. The molecule has 0 radical (unpaired) electrons. The quantitative estimate of drug-likeness (QED) is 0.687. The van der Waals surface area contributed by atoms with Crippen LogP contribution in [0, 0.1) is 0 Å². The second-order valence-electron chi connectivity index (χ2n) is 6.59. The van der Waals surface area contributed by atoms with Gasteiger partial charge in [0.1, 0.15) is 0 Å². The van der Waals surface area contributed by atoms with E-state index in [0.29, 0.717) is 6.04 Å². The molecule has 1 atom stereocenters. The van der Waals surface area contributed by atoms with Crippen molar-refractivity contribution in [1.29, 1.82) is 0 Å². The number of nitrogens with one attached hydrogen (secondary N) is 1. The van der Waals surface area contributed by atoms with Crippen molar-refractivity contribution in [2.75, 3.05) is 19.6 Å². The molecule has 1 aliphatic rings. The summed E-state index contributed by atoms with van der Waals surface area (Å²) < 4.78 is 0. The average molecular weight is 345 g/mol. The second-order valence-corrected chi connectivity index (χ2v) is 7.31. The number of hydrogen-bond acceptors (Lipinski definition) is 5. The van der Waals surface area contributed by atoms with Crippen molar-refractivity contribution < 1.29 is 0 Å². The van der Waals surface area contributed by atoms with E-state index in [-0.39, 0.29) is 0 Å². The molecular weight excluding hydrogens is 316 g/mol. The monoisotopic (exact) mass is 344 g/mol. The summed E-state index contributed by atoms with van der Waals surface area (Å²) in [5.41, 5.74) is 11.7. The molecule has 0 bridgehead atoms. The highest BCUT2D eigenvalue weighted by atomic mass is 32.1. The zero-order chi connectivity index (χ0) is 16.6. The van der Waals surface area contributed by atoms with Gasteiger partial charge in [0.15, 0.2) is 0 Å². The summed E-state index contributed by atoms with van der Waals surface area (Å²) in [6.45, 7) is 4.96. The van der Waals surface area contributed by atoms with Gasteiger partial charge in [-0.15, -0.1) is 11.3 Å². The lowest BCUT2D eigenvalue weighted by Gasteiger charge is -2.29. The molecule has 0 fully saturated rings. The minimum atomic E-state index is 0.576. The molecule has 0 spiro atoms. The first-order valence-electron chi connectivity index (χ1n) is 8.95. The van der Waals surface area contributed by atoms with Crippen molar-refractivity contribution in [3.63, 3.8) is 0 Å². The first kappa shape index (κ1) is 17.5. The third-order valence-electron chi connectivity index (χ3n) is 4.76. The van der Waals surface area contributed by atoms with Gasteiger partial charge < -0.3 is 11.1 Å². The standard InChI is InChI=1S/C19H28N4S/c20-8-3-4-9-23(13-19-14-24-15-22-19)10-7-18-11-16-5-1-2-6-17(16)12-21-18/h1-2,5-6,14-15,18,21H,3-4,7-13,20H2/t18-/m0/s1. The Morgan fingerprint density at radius 2 is 2.08 bits per heavy atom. The van der Waals surface area contributed by atoms with E-state index >= 15 is 0 Å². The molecule has 1 aliphatic heterocycles. The number of hydrogen-bond donors (Lipinski definition) is 2. The van der Waals surface area contributed by atoms with Gasteiger partial charge in [0, 0.05) is 31.1 Å². The van der Waals surface area contributed by atoms with Crippen LogP contribution in [0.25, 0.3) is 0 Å². The first-order chi connectivity index (χ1) is 11.8. The summed E-state index contributed by atoms with van der Waals surface area (Å²) in [5.74, 6) is 0. The Morgan fingerprint density at radius 3 is 2.88 bits per heavy atom. The van der Waals surface area contributed by atoms with Crippen LogP contribution in [0.15, 0.2) is 35.2 Å². The van der Waals surface area contributed by atoms with Gasteiger partial charge in [-0.05, 0) is 49.9 Å². The summed E-state index contributed by atoms with van der Waals surface area (Å²) in [4.78, 5) is 6.98. The summed E-state index contributed by atoms with van der Waals surface area (Å²) in [5, 5.41) is 5.85. The molecule has 4 nitrogen and oxygen atoms in total. The highest BCUT2D eigenvalue weighted by molar-refractivity contribution is 7.07. The molecule has 1 aromatic heterocycles. The van der Waals surface area contributed by atoms with Gasteiger partial charge in [-0.1, -0.05) is 24.3 Å². The number of nitrogens with two attached hydrogens (primary N) is 1. The van der Waals surface area contributed by atoms with Gasteiger partial charge in [0.25, 0.3) is 0 Å². The highest BCUT2D eigenvalue weighted by Crippen LogP contribution is 2.18. The van der Waals surface area contributed by atoms with Crippen molar-refractivity contribution in [3.05, 3.63) is 52.0 Å². The van der Waals surface area contributed by atoms with Gasteiger partial charge in [0.05, 0.1) is 11.2 Å². The van der Waals surface area contributed by atoms with Crippen LogP contribution < -0.4 is 11.1 Å². The van der Waals surface area contributed by atoms with Crippen molar-refractivity contribution in [3.8, 4) is 0 Å². The Labute approximate surface area is 149 Å². The molecule has 0 unspecified atom stereocenters. The SMILES string of the molecule is NCCCCN(CC[C@H]1Cc2ccccc2CN1)Cc1cscn1. The van der Waals surface area contributed by atoms with Crippen LogP contribution in [0.3, 0.4) is 0 Å². The Morgan fingerprint density at radius 1 is 1.21 bits per heavy atom. The number of aromatic nitrogens is 1. The molecule has 1 aromatic carbocycles. The Hall–Kier alpha value is -1.27. The van der Waals surface area contributed by atoms with Gasteiger partial charge in [0.2, 0.25) is 0 Å². The maximum Gasteiger partial charge on any atom is 0.0795 e. The largest absolute Gasteiger partial charge is 0.330 e. The van der Waals surface area contributed by atoms with E-state index in [0.717, 1.165) is 45.6 Å². The minimum absolute atomic E-state index is 0.576. The van der Waals surface area contributed by atoms with Gasteiger partial charge in [-0.25, -0.2) is 4.98 Å². The zero-order valence-corrected chi connectivity index (χ0v) is 15.1. The van der Waals surface area contributed by atoms with E-state index in [4.69, 9.17) is 5.73 Å². The van der Waals surface area contributed by atoms with Crippen LogP contribution in [-0.2, 0) is 19.5 Å². The smallest absolute Gasteiger partial charge is 0.0795 e. The molecule has 5 heteroatoms. The number of benzene rings is 1. The van der Waals surface area contributed by atoms with Crippen LogP contribution in [0.5, 0.6) is 0 Å². The fraction of sp³-hybridized carbons (Fsp3) is 0.526. The topological polar surface area (TPSA) is 54.2 Å². The zero-order valence-electron chi connectivity index (χ0n) is 14.3. The highest BCUT2D eigenvalue weighted by Gasteiger charge is 2.18. The number of thiazole rings is 1. The molecule has 0 saturated carbocycles. The summed E-state index contributed by atoms with van der Waals surface area (Å²) >= 11 is 1.68. The lowest BCUT2D eigenvalue weighted by Crippen LogP contribution is -2.39. The molecule has 24 heavy (non-hydrogen) atoms. The van der Waals surface area contributed by atoms with Gasteiger partial charge in [-0.2, -0.15) is 0 Å². The summed E-state index contributed by atoms with van der Waals surface area (Å²) in [7, 11) is 0. The van der Waals surface area contributed by atoms with Crippen molar-refractivity contribution in [2.24, 2.45) is 5.73 Å². The van der Waals surface area contributed by atoms with Crippen LogP contribution in [-0.4, -0.2) is 35.6 Å². The fourth-order valence-electron chi connectivity index (χ4n) is 3.36. The van der Waals surface area contributed by atoms with E-state index in [1.807, 2.05) is 5.51 Å². The molecule has 3 rings (SSSR count). The molecule has 3 N–H and O–H groups in total. The molecular formula is C19H28N4S. The lowest BCUT2D eigenvalue weighted by molar-refractivity contribution is 0.239. The third kappa shape index (κ3) is 5.11. The predicted octanol–water partition coefficient (Wildman–Crippen LogP) is 2.79. The Balaban J connectivity index is 1.51. The van der Waals surface area contributed by atoms with Crippen LogP contribution in [0.1, 0.15) is 36.1 Å². The molecule has 2 aromatic rings. The lowest BCUT2D eigenvalue weighted by atomic mass is 9.94. The number of rotatable bonds is 9. The molecule has 0 aliphatic carbocycles. The van der Waals surface area contributed by atoms with Gasteiger partial charge >= 0.3 is 0 Å². The number of fused-ring (bicyclic) bond motifs is 1. The second kappa shape index (κ2) is 9.28. The van der Waals surface area contributed by atoms with Crippen LogP contribution in [0.2, 0.25) is 0 Å². The van der Waals surface area contributed by atoms with E-state index < -0.39 is 0 Å². The molecule has 2 heterocycles.